The lowest BCUT2D eigenvalue weighted by Crippen LogP contribution is -2.18. The van der Waals surface area contributed by atoms with Crippen LogP contribution >= 0.6 is 0 Å². The molecule has 0 saturated carbocycles. The Hall–Kier alpha value is -0.530. The SMILES string of the molecule is CCCCCCCCCCN=C(C)N(C)C. The zero-order chi connectivity index (χ0) is 12.2. The van der Waals surface area contributed by atoms with Crippen molar-refractivity contribution < 1.29 is 0 Å². The second-order valence-electron chi connectivity index (χ2n) is 4.80. The highest BCUT2D eigenvalue weighted by atomic mass is 15.1. The van der Waals surface area contributed by atoms with E-state index >= 15 is 0 Å². The quantitative estimate of drug-likeness (QED) is 0.328. The van der Waals surface area contributed by atoms with Crippen LogP contribution in [0.15, 0.2) is 4.99 Å². The molecule has 96 valence electrons. The van der Waals surface area contributed by atoms with E-state index in [0.29, 0.717) is 0 Å². The van der Waals surface area contributed by atoms with Crippen LogP contribution in [0.4, 0.5) is 0 Å². The number of rotatable bonds is 9. The summed E-state index contributed by atoms with van der Waals surface area (Å²) in [4.78, 5) is 6.59. The molecule has 0 amide bonds. The molecule has 0 heterocycles. The fraction of sp³-hybridized carbons (Fsp3) is 0.929. The third-order valence-corrected chi connectivity index (χ3v) is 3.00. The number of aliphatic imine (C=N–C) groups is 1. The molecule has 0 rings (SSSR count). The number of hydrogen-bond acceptors (Lipinski definition) is 1. The molecule has 2 heteroatoms. The van der Waals surface area contributed by atoms with Crippen LogP contribution in [0.3, 0.4) is 0 Å². The summed E-state index contributed by atoms with van der Waals surface area (Å²) in [5, 5.41) is 0. The zero-order valence-corrected chi connectivity index (χ0v) is 11.8. The Morgan fingerprint density at radius 1 is 0.875 bits per heavy atom. The smallest absolute Gasteiger partial charge is 0.0952 e. The Bertz CT molecular complexity index is 174. The minimum atomic E-state index is 0.999. The lowest BCUT2D eigenvalue weighted by Gasteiger charge is -2.10. The van der Waals surface area contributed by atoms with E-state index in [4.69, 9.17) is 0 Å². The highest BCUT2D eigenvalue weighted by Gasteiger charge is 1.93. The molecule has 0 aliphatic heterocycles. The Morgan fingerprint density at radius 2 is 1.38 bits per heavy atom. The van der Waals surface area contributed by atoms with Gasteiger partial charge >= 0.3 is 0 Å². The fourth-order valence-electron chi connectivity index (χ4n) is 1.63. The Balaban J connectivity index is 3.18. The van der Waals surface area contributed by atoms with Crippen molar-refractivity contribution in [3.05, 3.63) is 0 Å². The Morgan fingerprint density at radius 3 is 1.88 bits per heavy atom. The molecule has 16 heavy (non-hydrogen) atoms. The molecule has 0 N–H and O–H groups in total. The summed E-state index contributed by atoms with van der Waals surface area (Å²) in [7, 11) is 4.10. The van der Waals surface area contributed by atoms with Crippen LogP contribution in [-0.2, 0) is 0 Å². The van der Waals surface area contributed by atoms with E-state index in [1.54, 1.807) is 0 Å². The molecule has 0 unspecified atom stereocenters. The second-order valence-corrected chi connectivity index (χ2v) is 4.80. The fourth-order valence-corrected chi connectivity index (χ4v) is 1.63. The maximum absolute atomic E-state index is 4.51. The van der Waals surface area contributed by atoms with Crippen molar-refractivity contribution in [3.8, 4) is 0 Å². The molecule has 0 aliphatic carbocycles. The third-order valence-electron chi connectivity index (χ3n) is 3.00. The monoisotopic (exact) mass is 226 g/mol. The van der Waals surface area contributed by atoms with E-state index < -0.39 is 0 Å². The second kappa shape index (κ2) is 11.0. The first kappa shape index (κ1) is 15.5. The average molecular weight is 226 g/mol. The molecule has 0 saturated heterocycles. The molecule has 0 atom stereocenters. The highest BCUT2D eigenvalue weighted by Crippen LogP contribution is 2.08. The maximum Gasteiger partial charge on any atom is 0.0952 e. The van der Waals surface area contributed by atoms with Crippen LogP contribution in [0.25, 0.3) is 0 Å². The van der Waals surface area contributed by atoms with Gasteiger partial charge in [0.25, 0.3) is 0 Å². The summed E-state index contributed by atoms with van der Waals surface area (Å²) < 4.78 is 0. The molecule has 0 fully saturated rings. The highest BCUT2D eigenvalue weighted by molar-refractivity contribution is 5.79. The molecular weight excluding hydrogens is 196 g/mol. The minimum Gasteiger partial charge on any atom is -0.367 e. The van der Waals surface area contributed by atoms with Crippen LogP contribution < -0.4 is 0 Å². The van der Waals surface area contributed by atoms with Gasteiger partial charge in [0.1, 0.15) is 0 Å². The zero-order valence-electron chi connectivity index (χ0n) is 11.8. The van der Waals surface area contributed by atoms with Crippen LogP contribution in [0.1, 0.15) is 65.2 Å². The predicted molar refractivity (Wildman–Crippen MR) is 74.3 cm³/mol. The first-order valence-corrected chi connectivity index (χ1v) is 6.86. The average Bonchev–Trinajstić information content (AvgIpc) is 2.26. The van der Waals surface area contributed by atoms with E-state index in [1.165, 1.54) is 51.4 Å². The third kappa shape index (κ3) is 10.0. The van der Waals surface area contributed by atoms with Crippen molar-refractivity contribution in [2.45, 2.75) is 65.2 Å². The van der Waals surface area contributed by atoms with Crippen molar-refractivity contribution in [1.29, 1.82) is 0 Å². The van der Waals surface area contributed by atoms with Gasteiger partial charge in [-0.15, -0.1) is 0 Å². The summed E-state index contributed by atoms with van der Waals surface area (Å²) in [5.74, 6) is 1.14. The van der Waals surface area contributed by atoms with Crippen LogP contribution in [-0.4, -0.2) is 31.4 Å². The van der Waals surface area contributed by atoms with Crippen molar-refractivity contribution in [2.24, 2.45) is 4.99 Å². The van der Waals surface area contributed by atoms with Gasteiger partial charge in [0, 0.05) is 20.6 Å². The molecule has 2 nitrogen and oxygen atoms in total. The van der Waals surface area contributed by atoms with Gasteiger partial charge in [0.05, 0.1) is 5.84 Å². The summed E-state index contributed by atoms with van der Waals surface area (Å²) in [6, 6.07) is 0. The summed E-state index contributed by atoms with van der Waals surface area (Å²) in [5.41, 5.74) is 0. The van der Waals surface area contributed by atoms with E-state index in [1.807, 2.05) is 14.1 Å². The van der Waals surface area contributed by atoms with Crippen LogP contribution in [0, 0.1) is 0 Å². The van der Waals surface area contributed by atoms with E-state index in [-0.39, 0.29) is 0 Å². The molecular formula is C14H30N2. The van der Waals surface area contributed by atoms with Gasteiger partial charge in [-0.1, -0.05) is 51.9 Å². The number of nitrogens with zero attached hydrogens (tertiary/aromatic N) is 2. The summed E-state index contributed by atoms with van der Waals surface area (Å²) >= 11 is 0. The van der Waals surface area contributed by atoms with Crippen molar-refractivity contribution in [1.82, 2.24) is 4.90 Å². The van der Waals surface area contributed by atoms with Gasteiger partial charge in [-0.2, -0.15) is 0 Å². The van der Waals surface area contributed by atoms with Gasteiger partial charge in [-0.05, 0) is 13.3 Å². The van der Waals surface area contributed by atoms with Crippen LogP contribution in [0.2, 0.25) is 0 Å². The van der Waals surface area contributed by atoms with Gasteiger partial charge in [-0.25, -0.2) is 0 Å². The Kier molecular flexibility index (Phi) is 10.6. The van der Waals surface area contributed by atoms with Gasteiger partial charge in [0.15, 0.2) is 0 Å². The number of unbranched alkanes of at least 4 members (excludes halogenated alkanes) is 7. The van der Waals surface area contributed by atoms with E-state index in [0.717, 1.165) is 12.4 Å². The van der Waals surface area contributed by atoms with Crippen molar-refractivity contribution in [3.63, 3.8) is 0 Å². The number of hydrogen-bond donors (Lipinski definition) is 0. The molecule has 0 aromatic rings. The molecule has 0 spiro atoms. The Labute approximate surface area is 102 Å². The largest absolute Gasteiger partial charge is 0.367 e. The summed E-state index contributed by atoms with van der Waals surface area (Å²) in [6.45, 7) is 5.34. The minimum absolute atomic E-state index is 0.999. The molecule has 0 aromatic carbocycles. The summed E-state index contributed by atoms with van der Waals surface area (Å²) in [6.07, 6.45) is 11.0. The van der Waals surface area contributed by atoms with Gasteiger partial charge in [0.2, 0.25) is 0 Å². The predicted octanol–water partition coefficient (Wildman–Crippen LogP) is 4.11. The molecule has 0 aliphatic rings. The van der Waals surface area contributed by atoms with Crippen LogP contribution in [0.5, 0.6) is 0 Å². The van der Waals surface area contributed by atoms with Crippen molar-refractivity contribution in [2.75, 3.05) is 20.6 Å². The molecule has 0 bridgehead atoms. The van der Waals surface area contributed by atoms with Gasteiger partial charge in [-0.3, -0.25) is 4.99 Å². The van der Waals surface area contributed by atoms with Crippen molar-refractivity contribution >= 4 is 5.84 Å². The first-order chi connectivity index (χ1) is 7.68. The molecule has 0 aromatic heterocycles. The topological polar surface area (TPSA) is 15.6 Å². The normalized spacial score (nSPS) is 11.9. The first-order valence-electron chi connectivity index (χ1n) is 6.86. The van der Waals surface area contributed by atoms with E-state index in [9.17, 15) is 0 Å². The van der Waals surface area contributed by atoms with E-state index in [2.05, 4.69) is 23.7 Å². The number of amidine groups is 1. The molecule has 0 radical (unpaired) electrons. The maximum atomic E-state index is 4.51. The standard InChI is InChI=1S/C14H30N2/c1-5-6-7-8-9-10-11-12-13-15-14(2)16(3)4/h5-13H2,1-4H3. The lowest BCUT2D eigenvalue weighted by atomic mass is 10.1. The lowest BCUT2D eigenvalue weighted by molar-refractivity contribution is 0.574. The van der Waals surface area contributed by atoms with Gasteiger partial charge < -0.3 is 4.90 Å².